The number of hydrogen-bond acceptors (Lipinski definition) is 5. The lowest BCUT2D eigenvalue weighted by Crippen LogP contribution is -2.34. The predicted octanol–water partition coefficient (Wildman–Crippen LogP) is 4.98. The molecule has 0 aliphatic carbocycles. The van der Waals surface area contributed by atoms with Crippen molar-refractivity contribution in [3.8, 4) is 11.3 Å². The zero-order chi connectivity index (χ0) is 25.9. The lowest BCUT2D eigenvalue weighted by molar-refractivity contribution is -0.119. The largest absolute Gasteiger partial charge is 0.358 e. The first-order chi connectivity index (χ1) is 18.7. The van der Waals surface area contributed by atoms with Crippen LogP contribution < -0.4 is 10.5 Å². The Balaban J connectivity index is 1.25. The fourth-order valence-electron chi connectivity index (χ4n) is 5.34. The Morgan fingerprint density at radius 2 is 1.79 bits per heavy atom. The highest BCUT2D eigenvalue weighted by atomic mass is 16.1. The molecular formula is C31H29N5O2. The maximum Gasteiger partial charge on any atom is 0.294 e. The van der Waals surface area contributed by atoms with Gasteiger partial charge in [0.1, 0.15) is 0 Å². The van der Waals surface area contributed by atoms with E-state index in [4.69, 9.17) is 0 Å². The van der Waals surface area contributed by atoms with E-state index in [0.29, 0.717) is 30.3 Å². The molecular weight excluding hydrogens is 474 g/mol. The fraction of sp³-hybridized carbons (Fsp3) is 0.226. The summed E-state index contributed by atoms with van der Waals surface area (Å²) in [5.74, 6) is 0.772. The molecule has 7 nitrogen and oxygen atoms in total. The van der Waals surface area contributed by atoms with Crippen molar-refractivity contribution in [3.05, 3.63) is 113 Å². The van der Waals surface area contributed by atoms with Crippen molar-refractivity contribution in [2.75, 3.05) is 18.0 Å². The van der Waals surface area contributed by atoms with E-state index < -0.39 is 0 Å². The topological polar surface area (TPSA) is 83.9 Å². The van der Waals surface area contributed by atoms with Crippen molar-refractivity contribution in [2.45, 2.75) is 31.7 Å². The van der Waals surface area contributed by atoms with E-state index in [-0.39, 0.29) is 17.9 Å². The number of nitrogens with one attached hydrogen (secondary N) is 1. The first-order valence-corrected chi connectivity index (χ1v) is 13.0. The molecule has 1 fully saturated rings. The first kappa shape index (κ1) is 23.9. The van der Waals surface area contributed by atoms with Crippen LogP contribution in [-0.4, -0.2) is 38.4 Å². The number of aromatic amines is 1. The number of fused-ring (bicyclic) bond motifs is 1. The van der Waals surface area contributed by atoms with E-state index in [1.807, 2.05) is 54.7 Å². The van der Waals surface area contributed by atoms with Gasteiger partial charge in [0.15, 0.2) is 11.6 Å². The summed E-state index contributed by atoms with van der Waals surface area (Å²) in [4.78, 5) is 41.2. The molecule has 0 unspecified atom stereocenters. The molecule has 0 spiro atoms. The average molecular weight is 504 g/mol. The molecule has 7 heteroatoms. The highest BCUT2D eigenvalue weighted by Gasteiger charge is 2.27. The third kappa shape index (κ3) is 4.87. The number of hydrogen-bond donors (Lipinski definition) is 1. The van der Waals surface area contributed by atoms with Crippen LogP contribution in [0.25, 0.3) is 22.2 Å². The summed E-state index contributed by atoms with van der Waals surface area (Å²) in [6.07, 6.45) is 7.16. The van der Waals surface area contributed by atoms with Gasteiger partial charge in [-0.15, -0.1) is 0 Å². The highest BCUT2D eigenvalue weighted by Crippen LogP contribution is 2.29. The number of carbonyl (C=O) groups excluding carboxylic acids is 1. The molecule has 190 valence electrons. The molecule has 38 heavy (non-hydrogen) atoms. The number of H-pyrrole nitrogens is 1. The lowest BCUT2D eigenvalue weighted by Gasteiger charge is -2.20. The number of rotatable bonds is 8. The Hall–Kier alpha value is -4.52. The molecule has 1 atom stereocenters. The van der Waals surface area contributed by atoms with Crippen molar-refractivity contribution in [3.63, 3.8) is 0 Å². The molecule has 2 aromatic carbocycles. The number of ketones is 1. The molecule has 0 radical (unpaired) electrons. The zero-order valence-electron chi connectivity index (χ0n) is 21.1. The summed E-state index contributed by atoms with van der Waals surface area (Å²) in [5.41, 5.74) is 4.57. The van der Waals surface area contributed by atoms with Gasteiger partial charge in [0.05, 0.1) is 18.4 Å². The molecule has 1 aliphatic heterocycles. The number of aromatic nitrogens is 4. The summed E-state index contributed by atoms with van der Waals surface area (Å²) in [6.45, 7) is 1.51. The lowest BCUT2D eigenvalue weighted by atomic mass is 9.99. The number of carbonyl (C=O) groups is 1. The van der Waals surface area contributed by atoms with Crippen LogP contribution in [0, 0.1) is 0 Å². The van der Waals surface area contributed by atoms with Crippen LogP contribution in [0.1, 0.15) is 30.0 Å². The Morgan fingerprint density at radius 3 is 2.58 bits per heavy atom. The number of pyridine rings is 1. The fourth-order valence-corrected chi connectivity index (χ4v) is 5.34. The minimum atomic E-state index is -0.217. The second kappa shape index (κ2) is 10.5. The van der Waals surface area contributed by atoms with E-state index in [9.17, 15) is 9.59 Å². The van der Waals surface area contributed by atoms with Gasteiger partial charge < -0.3 is 9.88 Å². The maximum atomic E-state index is 13.8. The van der Waals surface area contributed by atoms with Crippen molar-refractivity contribution >= 4 is 22.5 Å². The Morgan fingerprint density at radius 1 is 1.00 bits per heavy atom. The predicted molar refractivity (Wildman–Crippen MR) is 149 cm³/mol. The third-order valence-corrected chi connectivity index (χ3v) is 7.35. The standard InChI is InChI=1S/C31H29N5O2/c37-27(12-11-26-17-25-18-32-15-13-28(25)34-26)21-36-29(23-9-5-2-6-10-23)19-33-30(31(36)38)35-16-14-24(20-35)22-7-3-1-4-8-22/h1-10,13,15,17-19,24,34H,11-12,14,16,20-21H2/t24-/m0/s1. The molecule has 0 bridgehead atoms. The van der Waals surface area contributed by atoms with Gasteiger partial charge in [-0.05, 0) is 36.1 Å². The van der Waals surface area contributed by atoms with Crippen LogP contribution in [0.15, 0.2) is 96.2 Å². The summed E-state index contributed by atoms with van der Waals surface area (Å²) in [7, 11) is 0. The van der Waals surface area contributed by atoms with Crippen LogP contribution in [0.2, 0.25) is 0 Å². The molecule has 3 aromatic heterocycles. The highest BCUT2D eigenvalue weighted by molar-refractivity contribution is 5.81. The van der Waals surface area contributed by atoms with Gasteiger partial charge in [-0.2, -0.15) is 0 Å². The van der Waals surface area contributed by atoms with Crippen LogP contribution in [0.3, 0.4) is 0 Å². The van der Waals surface area contributed by atoms with Gasteiger partial charge in [0.25, 0.3) is 5.56 Å². The van der Waals surface area contributed by atoms with Gasteiger partial charge in [0.2, 0.25) is 0 Å². The van der Waals surface area contributed by atoms with Gasteiger partial charge in [-0.3, -0.25) is 19.1 Å². The van der Waals surface area contributed by atoms with E-state index >= 15 is 0 Å². The normalized spacial score (nSPS) is 15.3. The van der Waals surface area contributed by atoms with E-state index in [1.54, 1.807) is 17.0 Å². The van der Waals surface area contributed by atoms with Crippen molar-refractivity contribution in [1.29, 1.82) is 0 Å². The second-order valence-electron chi connectivity index (χ2n) is 9.86. The number of Topliss-reactive ketones (excluding diaryl/α,β-unsaturated/α-hetero) is 1. The van der Waals surface area contributed by atoms with Crippen LogP contribution >= 0.6 is 0 Å². The van der Waals surface area contributed by atoms with Gasteiger partial charge in [-0.25, -0.2) is 4.98 Å². The SMILES string of the molecule is O=C(CCc1cc2cnccc2[nH]1)Cn1c(-c2ccccc2)cnc(N2CC[C@H](c3ccccc3)C2)c1=O. The van der Waals surface area contributed by atoms with E-state index in [1.165, 1.54) is 5.56 Å². The Kier molecular flexibility index (Phi) is 6.56. The average Bonchev–Trinajstić information content (AvgIpc) is 3.61. The zero-order valence-corrected chi connectivity index (χ0v) is 21.1. The second-order valence-corrected chi connectivity index (χ2v) is 9.86. The minimum absolute atomic E-state index is 0.00166. The molecule has 6 rings (SSSR count). The molecule has 1 aliphatic rings. The van der Waals surface area contributed by atoms with Gasteiger partial charge in [0, 0.05) is 54.4 Å². The molecule has 0 amide bonds. The number of benzene rings is 2. The monoisotopic (exact) mass is 503 g/mol. The minimum Gasteiger partial charge on any atom is -0.358 e. The van der Waals surface area contributed by atoms with Crippen molar-refractivity contribution in [2.24, 2.45) is 0 Å². The molecule has 1 N–H and O–H groups in total. The van der Waals surface area contributed by atoms with Crippen molar-refractivity contribution in [1.82, 2.24) is 19.5 Å². The summed E-state index contributed by atoms with van der Waals surface area (Å²) in [5, 5.41) is 1.02. The van der Waals surface area contributed by atoms with E-state index in [0.717, 1.165) is 41.7 Å². The number of aryl methyl sites for hydroxylation is 1. The third-order valence-electron chi connectivity index (χ3n) is 7.35. The summed E-state index contributed by atoms with van der Waals surface area (Å²) in [6, 6.07) is 24.0. The molecule has 1 saturated heterocycles. The Bertz CT molecular complexity index is 1590. The number of anilines is 1. The first-order valence-electron chi connectivity index (χ1n) is 13.0. The molecule has 0 saturated carbocycles. The summed E-state index contributed by atoms with van der Waals surface area (Å²) < 4.78 is 1.60. The van der Waals surface area contributed by atoms with Gasteiger partial charge in [-0.1, -0.05) is 60.7 Å². The number of nitrogens with zero attached hydrogens (tertiary/aromatic N) is 4. The quantitative estimate of drug-likeness (QED) is 0.323. The van der Waals surface area contributed by atoms with Crippen LogP contribution in [0.4, 0.5) is 5.82 Å². The Labute approximate surface area is 220 Å². The van der Waals surface area contributed by atoms with Crippen LogP contribution in [-0.2, 0) is 17.8 Å². The van der Waals surface area contributed by atoms with E-state index in [2.05, 4.69) is 44.1 Å². The smallest absolute Gasteiger partial charge is 0.294 e. The maximum absolute atomic E-state index is 13.8. The van der Waals surface area contributed by atoms with Crippen molar-refractivity contribution < 1.29 is 4.79 Å². The molecule has 5 aromatic rings. The molecule has 4 heterocycles. The van der Waals surface area contributed by atoms with Crippen LogP contribution in [0.5, 0.6) is 0 Å². The van der Waals surface area contributed by atoms with Gasteiger partial charge >= 0.3 is 0 Å². The summed E-state index contributed by atoms with van der Waals surface area (Å²) >= 11 is 0.